The van der Waals surface area contributed by atoms with Crippen molar-refractivity contribution in [2.24, 2.45) is 5.92 Å². The van der Waals surface area contributed by atoms with E-state index in [1.165, 1.54) is 51.9 Å². The van der Waals surface area contributed by atoms with Gasteiger partial charge in [0.25, 0.3) is 0 Å². The summed E-state index contributed by atoms with van der Waals surface area (Å²) in [5, 5.41) is 23.6. The van der Waals surface area contributed by atoms with Crippen LogP contribution in [-0.4, -0.2) is 87.5 Å². The first kappa shape index (κ1) is 55.2. The standard InChI is InChI=1S/C12H22O5.2C6H15N.2C5H12O.CH3/c1-3-5-11(13)16-9-7-15-8-10-17-12(14)6-4-2;2*1-3-5-7-6-4-2;1-3-5(2)4-6;1-3-5(6)4-2;/h3-10H2,1-2H3;2*7H,3-6H2,1-2H3;2*5-6H,3-4H2,1-2H3;1H3/q;;;;;-1. The monoisotopic (exact) mass is 640 g/mol. The van der Waals surface area contributed by atoms with Gasteiger partial charge in [-0.3, -0.25) is 9.59 Å². The number of ether oxygens (including phenoxy) is 3. The highest BCUT2D eigenvalue weighted by atomic mass is 16.6. The largest absolute Gasteiger partial charge is 0.463 e. The number of esters is 2. The minimum absolute atomic E-state index is 0. The van der Waals surface area contributed by atoms with Crippen molar-refractivity contribution in [3.63, 3.8) is 0 Å². The zero-order valence-electron chi connectivity index (χ0n) is 31.2. The van der Waals surface area contributed by atoms with Gasteiger partial charge < -0.3 is 42.5 Å². The molecular formula is C35H79N2O7-. The molecule has 1 unspecified atom stereocenters. The van der Waals surface area contributed by atoms with Gasteiger partial charge in [0.05, 0.1) is 19.3 Å². The SMILES string of the molecule is CCC(C)CO.CCC(O)CC.CCCC(=O)OCCOCCOC(=O)CCC.CCCNCCC.CCCNCCC.[CH3-]. The highest BCUT2D eigenvalue weighted by Crippen LogP contribution is 1.95. The van der Waals surface area contributed by atoms with E-state index in [4.69, 9.17) is 24.4 Å². The molecule has 0 aromatic heterocycles. The van der Waals surface area contributed by atoms with Crippen molar-refractivity contribution in [1.29, 1.82) is 0 Å². The molecule has 0 aliphatic rings. The Kier molecular flexibility index (Phi) is 68.0. The molecule has 0 amide bonds. The van der Waals surface area contributed by atoms with E-state index >= 15 is 0 Å². The molecule has 0 fully saturated rings. The molecule has 0 aromatic carbocycles. The van der Waals surface area contributed by atoms with Crippen molar-refractivity contribution in [3.8, 4) is 0 Å². The van der Waals surface area contributed by atoms with Crippen LogP contribution >= 0.6 is 0 Å². The summed E-state index contributed by atoms with van der Waals surface area (Å²) < 4.78 is 14.9. The van der Waals surface area contributed by atoms with E-state index in [9.17, 15) is 9.59 Å². The smallest absolute Gasteiger partial charge is 0.305 e. The maximum atomic E-state index is 10.9. The van der Waals surface area contributed by atoms with Crippen molar-refractivity contribution < 1.29 is 34.0 Å². The predicted octanol–water partition coefficient (Wildman–Crippen LogP) is 7.12. The van der Waals surface area contributed by atoms with Crippen LogP contribution in [0.15, 0.2) is 0 Å². The maximum absolute atomic E-state index is 10.9. The Bertz CT molecular complexity index is 440. The fourth-order valence-electron chi connectivity index (χ4n) is 2.46. The van der Waals surface area contributed by atoms with Gasteiger partial charge in [0.1, 0.15) is 13.2 Å². The van der Waals surface area contributed by atoms with Crippen molar-refractivity contribution in [1.82, 2.24) is 10.6 Å². The highest BCUT2D eigenvalue weighted by Gasteiger charge is 2.01. The van der Waals surface area contributed by atoms with E-state index in [0.717, 1.165) is 32.1 Å². The molecule has 4 N–H and O–H groups in total. The van der Waals surface area contributed by atoms with Gasteiger partial charge in [-0.25, -0.2) is 0 Å². The average Bonchev–Trinajstić information content (AvgIpc) is 3.01. The zero-order valence-corrected chi connectivity index (χ0v) is 31.2. The van der Waals surface area contributed by atoms with Gasteiger partial charge in [-0.2, -0.15) is 0 Å². The molecule has 0 aliphatic heterocycles. The summed E-state index contributed by atoms with van der Waals surface area (Å²) in [6.07, 6.45) is 10.2. The van der Waals surface area contributed by atoms with Crippen LogP contribution in [0.4, 0.5) is 0 Å². The lowest BCUT2D eigenvalue weighted by atomic mass is 10.1. The van der Waals surface area contributed by atoms with Crippen LogP contribution in [0.1, 0.15) is 140 Å². The molecule has 0 saturated heterocycles. The molecule has 0 radical (unpaired) electrons. The molecular weight excluding hydrogens is 560 g/mol. The molecule has 9 nitrogen and oxygen atoms in total. The fourth-order valence-corrected chi connectivity index (χ4v) is 2.46. The van der Waals surface area contributed by atoms with Gasteiger partial charge in [-0.1, -0.05) is 75.7 Å². The Morgan fingerprint density at radius 3 is 1.11 bits per heavy atom. The second-order valence-electron chi connectivity index (χ2n) is 10.2. The van der Waals surface area contributed by atoms with E-state index in [-0.39, 0.29) is 38.7 Å². The fraction of sp³-hybridized carbons (Fsp3) is 0.914. The Labute approximate surface area is 275 Å². The van der Waals surface area contributed by atoms with Crippen LogP contribution in [0.5, 0.6) is 0 Å². The molecule has 0 aromatic rings. The number of rotatable bonds is 22. The van der Waals surface area contributed by atoms with Crippen molar-refractivity contribution in [2.75, 3.05) is 59.2 Å². The minimum atomic E-state index is -0.203. The van der Waals surface area contributed by atoms with Gasteiger partial charge >= 0.3 is 11.9 Å². The second kappa shape index (κ2) is 54.2. The quantitative estimate of drug-likeness (QED) is 0.0556. The molecule has 9 heteroatoms. The Hall–Kier alpha value is -1.26. The van der Waals surface area contributed by atoms with Gasteiger partial charge in [0.15, 0.2) is 0 Å². The van der Waals surface area contributed by atoms with Gasteiger partial charge in [-0.15, -0.1) is 0 Å². The number of aliphatic hydroxyl groups excluding tert-OH is 2. The Morgan fingerprint density at radius 2 is 0.932 bits per heavy atom. The molecule has 272 valence electrons. The van der Waals surface area contributed by atoms with Gasteiger partial charge in [-0.05, 0) is 83.5 Å². The van der Waals surface area contributed by atoms with Crippen LogP contribution in [0.25, 0.3) is 0 Å². The Morgan fingerprint density at radius 1 is 0.591 bits per heavy atom. The number of carbonyl (C=O) groups excluding carboxylic acids is 2. The van der Waals surface area contributed by atoms with Gasteiger partial charge in [0, 0.05) is 19.4 Å². The number of nitrogens with one attached hydrogen (secondary N) is 2. The summed E-state index contributed by atoms with van der Waals surface area (Å²) in [4.78, 5) is 21.9. The van der Waals surface area contributed by atoms with E-state index in [1.807, 2.05) is 34.6 Å². The Balaban J connectivity index is -0.000000112. The topological polar surface area (TPSA) is 126 Å². The van der Waals surface area contributed by atoms with Gasteiger partial charge in [0.2, 0.25) is 0 Å². The van der Waals surface area contributed by atoms with E-state index in [0.29, 0.717) is 38.6 Å². The van der Waals surface area contributed by atoms with Crippen LogP contribution in [0.2, 0.25) is 0 Å². The molecule has 0 spiro atoms. The first-order valence-electron chi connectivity index (χ1n) is 17.2. The lowest BCUT2D eigenvalue weighted by Gasteiger charge is -2.06. The molecule has 44 heavy (non-hydrogen) atoms. The highest BCUT2D eigenvalue weighted by molar-refractivity contribution is 5.69. The van der Waals surface area contributed by atoms with Crippen molar-refractivity contribution in [2.45, 2.75) is 146 Å². The third kappa shape index (κ3) is 68.1. The summed E-state index contributed by atoms with van der Waals surface area (Å²) in [6, 6.07) is 0. The number of hydrogen-bond donors (Lipinski definition) is 4. The number of carbonyl (C=O) groups is 2. The molecule has 1 atom stereocenters. The minimum Gasteiger partial charge on any atom is -0.463 e. The number of aliphatic hydroxyl groups is 2. The maximum Gasteiger partial charge on any atom is 0.305 e. The van der Waals surface area contributed by atoms with E-state index < -0.39 is 0 Å². The van der Waals surface area contributed by atoms with Crippen LogP contribution in [0, 0.1) is 13.3 Å². The first-order valence-corrected chi connectivity index (χ1v) is 17.2. The summed E-state index contributed by atoms with van der Waals surface area (Å²) in [5.74, 6) is 0.0842. The van der Waals surface area contributed by atoms with Crippen LogP contribution in [0.3, 0.4) is 0 Å². The normalized spacial score (nSPS) is 10.2. The molecule has 0 bridgehead atoms. The van der Waals surface area contributed by atoms with E-state index in [1.54, 1.807) is 0 Å². The van der Waals surface area contributed by atoms with E-state index in [2.05, 4.69) is 45.3 Å². The predicted molar refractivity (Wildman–Crippen MR) is 189 cm³/mol. The van der Waals surface area contributed by atoms with Crippen LogP contribution < -0.4 is 10.6 Å². The second-order valence-corrected chi connectivity index (χ2v) is 10.2. The third-order valence-corrected chi connectivity index (χ3v) is 5.55. The molecule has 0 saturated carbocycles. The van der Waals surface area contributed by atoms with Crippen molar-refractivity contribution >= 4 is 11.9 Å². The number of hydrogen-bond acceptors (Lipinski definition) is 9. The zero-order chi connectivity index (χ0) is 34.0. The summed E-state index contributed by atoms with van der Waals surface area (Å²) >= 11 is 0. The first-order chi connectivity index (χ1) is 20.6. The summed E-state index contributed by atoms with van der Waals surface area (Å²) in [6.45, 7) is 26.8. The van der Waals surface area contributed by atoms with Crippen molar-refractivity contribution in [3.05, 3.63) is 7.43 Å². The lowest BCUT2D eigenvalue weighted by molar-refractivity contribution is -0.146. The summed E-state index contributed by atoms with van der Waals surface area (Å²) in [7, 11) is 0. The molecule has 0 heterocycles. The lowest BCUT2D eigenvalue weighted by Crippen LogP contribution is -2.14. The molecule has 0 aliphatic carbocycles. The average molecular weight is 640 g/mol. The summed E-state index contributed by atoms with van der Waals surface area (Å²) in [5.41, 5.74) is 0. The third-order valence-electron chi connectivity index (χ3n) is 5.55. The molecule has 0 rings (SSSR count). The van der Waals surface area contributed by atoms with Crippen LogP contribution in [-0.2, 0) is 23.8 Å².